The first-order valence-corrected chi connectivity index (χ1v) is 13.8. The molecule has 0 fully saturated rings. The van der Waals surface area contributed by atoms with Gasteiger partial charge in [0.25, 0.3) is 5.91 Å². The molecule has 4 aromatic rings. The van der Waals surface area contributed by atoms with Gasteiger partial charge in [0.2, 0.25) is 0 Å². The number of nitrogens with one attached hydrogen (secondary N) is 2. The highest BCUT2D eigenvalue weighted by Gasteiger charge is 2.20. The third-order valence-corrected chi connectivity index (χ3v) is 7.38. The zero-order chi connectivity index (χ0) is 29.5. The van der Waals surface area contributed by atoms with Crippen LogP contribution in [0, 0.1) is 20.8 Å². The molecule has 1 unspecified atom stereocenters. The summed E-state index contributed by atoms with van der Waals surface area (Å²) < 4.78 is 0. The van der Waals surface area contributed by atoms with Gasteiger partial charge in [0.05, 0.1) is 6.04 Å². The molecule has 4 rings (SSSR count). The third-order valence-electron chi connectivity index (χ3n) is 7.12. The van der Waals surface area contributed by atoms with Gasteiger partial charge in [-0.2, -0.15) is 0 Å². The van der Waals surface area contributed by atoms with Crippen LogP contribution in [0.5, 0.6) is 0 Å². The Bertz CT molecular complexity index is 1540. The van der Waals surface area contributed by atoms with Crippen LogP contribution in [0.15, 0.2) is 84.9 Å². The van der Waals surface area contributed by atoms with Gasteiger partial charge in [0.1, 0.15) is 0 Å². The average molecular weight is 569 g/mol. The van der Waals surface area contributed by atoms with Crippen LogP contribution in [0.2, 0.25) is 5.02 Å². The van der Waals surface area contributed by atoms with Crippen molar-refractivity contribution in [3.05, 3.63) is 129 Å². The Kier molecular flexibility index (Phi) is 9.58. The van der Waals surface area contributed by atoms with E-state index >= 15 is 0 Å². The first-order chi connectivity index (χ1) is 19.6. The molecule has 210 valence electrons. The Morgan fingerprint density at radius 1 is 0.829 bits per heavy atom. The lowest BCUT2D eigenvalue weighted by Crippen LogP contribution is -2.35. The highest BCUT2D eigenvalue weighted by atomic mass is 35.5. The fourth-order valence-corrected chi connectivity index (χ4v) is 5.21. The summed E-state index contributed by atoms with van der Waals surface area (Å²) >= 11 is 5.99. The van der Waals surface area contributed by atoms with Crippen LogP contribution in [0.3, 0.4) is 0 Å². The van der Waals surface area contributed by atoms with E-state index < -0.39 is 17.9 Å². The van der Waals surface area contributed by atoms with Crippen LogP contribution in [0.4, 0.5) is 0 Å². The first-order valence-electron chi connectivity index (χ1n) is 13.4. The van der Waals surface area contributed by atoms with Crippen molar-refractivity contribution in [1.82, 2.24) is 10.6 Å². The van der Waals surface area contributed by atoms with E-state index in [-0.39, 0.29) is 5.91 Å². The summed E-state index contributed by atoms with van der Waals surface area (Å²) in [6.07, 6.45) is 1.16. The van der Waals surface area contributed by atoms with Crippen molar-refractivity contribution in [3.8, 4) is 11.1 Å². The normalized spacial score (nSPS) is 11.5. The summed E-state index contributed by atoms with van der Waals surface area (Å²) in [5, 5.41) is 15.4. The van der Waals surface area contributed by atoms with Gasteiger partial charge in [-0.3, -0.25) is 9.59 Å². The van der Waals surface area contributed by atoms with Crippen molar-refractivity contribution in [1.29, 1.82) is 0 Å². The van der Waals surface area contributed by atoms with Gasteiger partial charge in [-0.05, 0) is 96.8 Å². The van der Waals surface area contributed by atoms with Gasteiger partial charge < -0.3 is 15.7 Å². The number of carboxylic acids is 1. The zero-order valence-corrected chi connectivity index (χ0v) is 24.1. The number of amides is 2. The number of carbonyl (C=O) groups is 3. The number of carbonyl (C=O) groups excluding carboxylic acids is 2. The lowest BCUT2D eigenvalue weighted by atomic mass is 9.95. The van der Waals surface area contributed by atoms with E-state index in [0.717, 1.165) is 28.7 Å². The fourth-order valence-electron chi connectivity index (χ4n) is 5.08. The monoisotopic (exact) mass is 568 g/mol. The zero-order valence-electron chi connectivity index (χ0n) is 23.3. The van der Waals surface area contributed by atoms with Gasteiger partial charge in [0, 0.05) is 17.1 Å². The maximum absolute atomic E-state index is 12.9. The molecule has 0 aliphatic heterocycles. The Hall–Kier alpha value is -4.42. The Morgan fingerprint density at radius 2 is 1.49 bits per heavy atom. The number of carboxylic acid groups (broad SMARTS) is 1. The molecule has 0 heterocycles. The number of aryl methyl sites for hydroxylation is 3. The summed E-state index contributed by atoms with van der Waals surface area (Å²) in [4.78, 5) is 36.1. The summed E-state index contributed by atoms with van der Waals surface area (Å²) in [7, 11) is 0. The predicted molar refractivity (Wildman–Crippen MR) is 162 cm³/mol. The largest absolute Gasteiger partial charge is 0.474 e. The summed E-state index contributed by atoms with van der Waals surface area (Å²) in [6, 6.07) is 25.9. The second-order valence-corrected chi connectivity index (χ2v) is 10.7. The molecule has 7 heteroatoms. The molecule has 0 radical (unpaired) electrons. The molecule has 6 nitrogen and oxygen atoms in total. The molecule has 2 amide bonds. The van der Waals surface area contributed by atoms with Crippen molar-refractivity contribution in [2.45, 2.75) is 39.7 Å². The fraction of sp³-hybridized carbons (Fsp3) is 0.206. The highest BCUT2D eigenvalue weighted by molar-refractivity contribution is 6.31. The first kappa shape index (κ1) is 29.6. The number of hydrogen-bond acceptors (Lipinski definition) is 3. The SMILES string of the molecule is Cc1cc(C)c(CCNC(=O)c2cccc(-c3ccc(C(Cc4ccc(Cl)cc4)NC(=O)C(=O)O)cc3)c2)c(C)c1. The minimum Gasteiger partial charge on any atom is -0.474 e. The molecular weight excluding hydrogens is 536 g/mol. The number of rotatable bonds is 9. The van der Waals surface area contributed by atoms with Crippen LogP contribution in [0.1, 0.15) is 49.8 Å². The molecule has 0 aromatic heterocycles. The molecule has 1 atom stereocenters. The van der Waals surface area contributed by atoms with Gasteiger partial charge in [-0.25, -0.2) is 4.79 Å². The van der Waals surface area contributed by atoms with Crippen LogP contribution in [-0.2, 0) is 22.4 Å². The summed E-state index contributed by atoms with van der Waals surface area (Å²) in [5.41, 5.74) is 8.97. The van der Waals surface area contributed by atoms with Crippen LogP contribution in [0.25, 0.3) is 11.1 Å². The number of halogens is 1. The van der Waals surface area contributed by atoms with Gasteiger partial charge in [-0.15, -0.1) is 0 Å². The molecule has 0 saturated heterocycles. The van der Waals surface area contributed by atoms with E-state index in [2.05, 4.69) is 43.5 Å². The van der Waals surface area contributed by atoms with Crippen molar-refractivity contribution in [2.75, 3.05) is 6.54 Å². The van der Waals surface area contributed by atoms with Crippen LogP contribution < -0.4 is 10.6 Å². The van der Waals surface area contributed by atoms with E-state index in [0.29, 0.717) is 23.6 Å². The number of hydrogen-bond donors (Lipinski definition) is 3. The molecule has 0 spiro atoms. The number of aliphatic carboxylic acids is 1. The summed E-state index contributed by atoms with van der Waals surface area (Å²) in [6.45, 7) is 6.83. The van der Waals surface area contributed by atoms with Crippen molar-refractivity contribution in [2.24, 2.45) is 0 Å². The molecule has 0 saturated carbocycles. The maximum Gasteiger partial charge on any atom is 0.394 e. The van der Waals surface area contributed by atoms with Crippen LogP contribution >= 0.6 is 11.6 Å². The van der Waals surface area contributed by atoms with Gasteiger partial charge >= 0.3 is 11.9 Å². The Labute approximate surface area is 245 Å². The standard InChI is InChI=1S/C34H33ClN2O4/c1-21-17-22(2)30(23(3)18-21)15-16-36-32(38)28-6-4-5-27(20-28)25-9-11-26(12-10-25)31(37-33(39)34(40)41)19-24-7-13-29(35)14-8-24/h4-14,17-18,20,31H,15-16,19H2,1-3H3,(H,36,38)(H,37,39)(H,40,41). The molecule has 0 aliphatic carbocycles. The molecule has 3 N–H and O–H groups in total. The van der Waals surface area contributed by atoms with Crippen molar-refractivity contribution < 1.29 is 19.5 Å². The highest BCUT2D eigenvalue weighted by Crippen LogP contribution is 2.25. The van der Waals surface area contributed by atoms with Gasteiger partial charge in [0.15, 0.2) is 0 Å². The molecule has 0 aliphatic rings. The quantitative estimate of drug-likeness (QED) is 0.204. The van der Waals surface area contributed by atoms with E-state index in [9.17, 15) is 14.4 Å². The molecular formula is C34H33ClN2O4. The van der Waals surface area contributed by atoms with Crippen molar-refractivity contribution in [3.63, 3.8) is 0 Å². The van der Waals surface area contributed by atoms with Crippen molar-refractivity contribution >= 4 is 29.4 Å². The van der Waals surface area contributed by atoms with Gasteiger partial charge in [-0.1, -0.05) is 77.8 Å². The Balaban J connectivity index is 1.46. The number of benzene rings is 4. The minimum absolute atomic E-state index is 0.134. The summed E-state index contributed by atoms with van der Waals surface area (Å²) in [5.74, 6) is -2.74. The van der Waals surface area contributed by atoms with E-state index in [1.54, 1.807) is 18.2 Å². The Morgan fingerprint density at radius 3 is 2.12 bits per heavy atom. The van der Waals surface area contributed by atoms with E-state index in [4.69, 9.17) is 16.7 Å². The average Bonchev–Trinajstić information content (AvgIpc) is 2.95. The van der Waals surface area contributed by atoms with E-state index in [1.165, 1.54) is 22.3 Å². The molecule has 0 bridgehead atoms. The molecule has 41 heavy (non-hydrogen) atoms. The second kappa shape index (κ2) is 13.3. The van der Waals surface area contributed by atoms with Crippen LogP contribution in [-0.4, -0.2) is 29.4 Å². The maximum atomic E-state index is 12.9. The third kappa shape index (κ3) is 7.83. The lowest BCUT2D eigenvalue weighted by Gasteiger charge is -2.19. The van der Waals surface area contributed by atoms with E-state index in [1.807, 2.05) is 54.6 Å². The topological polar surface area (TPSA) is 95.5 Å². The lowest BCUT2D eigenvalue weighted by molar-refractivity contribution is -0.150. The molecule has 4 aromatic carbocycles. The smallest absolute Gasteiger partial charge is 0.394 e. The second-order valence-electron chi connectivity index (χ2n) is 10.2. The minimum atomic E-state index is -1.54. The predicted octanol–water partition coefficient (Wildman–Crippen LogP) is 6.39.